The minimum Gasteiger partial charge on any atom is -0.392 e. The van der Waals surface area contributed by atoms with Crippen LogP contribution in [0.5, 0.6) is 0 Å². The fourth-order valence-electron chi connectivity index (χ4n) is 2.26. The van der Waals surface area contributed by atoms with Gasteiger partial charge in [-0.1, -0.05) is 0 Å². The number of amides is 2. The molecule has 0 aromatic rings. The summed E-state index contributed by atoms with van der Waals surface area (Å²) >= 11 is 0. The fourth-order valence-corrected chi connectivity index (χ4v) is 2.26. The van der Waals surface area contributed by atoms with Crippen molar-refractivity contribution in [3.05, 3.63) is 0 Å². The first kappa shape index (κ1) is 15.0. The van der Waals surface area contributed by atoms with Crippen molar-refractivity contribution in [2.45, 2.75) is 51.7 Å². The van der Waals surface area contributed by atoms with E-state index in [0.29, 0.717) is 12.8 Å². The maximum atomic E-state index is 12.0. The molecule has 0 saturated heterocycles. The van der Waals surface area contributed by atoms with Gasteiger partial charge in [0.1, 0.15) is 0 Å². The van der Waals surface area contributed by atoms with Gasteiger partial charge >= 0.3 is 0 Å². The Kier molecular flexibility index (Phi) is 4.73. The van der Waals surface area contributed by atoms with E-state index in [4.69, 9.17) is 0 Å². The summed E-state index contributed by atoms with van der Waals surface area (Å²) in [7, 11) is 1.61. The van der Waals surface area contributed by atoms with Crippen LogP contribution in [0, 0.1) is 5.92 Å². The highest BCUT2D eigenvalue weighted by molar-refractivity contribution is 5.86. The third-order valence-corrected chi connectivity index (χ3v) is 3.07. The molecule has 1 aliphatic carbocycles. The molecule has 104 valence electrons. The summed E-state index contributed by atoms with van der Waals surface area (Å²) < 4.78 is 0. The van der Waals surface area contributed by atoms with E-state index in [0.717, 1.165) is 6.42 Å². The largest absolute Gasteiger partial charge is 0.392 e. The van der Waals surface area contributed by atoms with Gasteiger partial charge < -0.3 is 15.3 Å². The number of hydrogen-bond acceptors (Lipinski definition) is 3. The number of aliphatic hydroxyl groups is 1. The monoisotopic (exact) mass is 256 g/mol. The van der Waals surface area contributed by atoms with Gasteiger partial charge in [0.2, 0.25) is 11.8 Å². The molecule has 2 atom stereocenters. The lowest BCUT2D eigenvalue weighted by atomic mass is 10.0. The number of aliphatic hydroxyl groups excluding tert-OH is 1. The minimum absolute atomic E-state index is 0.0410. The second-order valence-corrected chi connectivity index (χ2v) is 6.10. The van der Waals surface area contributed by atoms with Crippen molar-refractivity contribution in [1.29, 1.82) is 0 Å². The van der Waals surface area contributed by atoms with Crippen LogP contribution in [-0.2, 0) is 9.59 Å². The maximum Gasteiger partial charge on any atom is 0.240 e. The van der Waals surface area contributed by atoms with Crippen molar-refractivity contribution in [1.82, 2.24) is 10.2 Å². The lowest BCUT2D eigenvalue weighted by Gasteiger charge is -2.25. The van der Waals surface area contributed by atoms with Crippen LogP contribution < -0.4 is 5.32 Å². The van der Waals surface area contributed by atoms with Crippen LogP contribution in [0.2, 0.25) is 0 Å². The van der Waals surface area contributed by atoms with E-state index in [1.807, 2.05) is 20.8 Å². The molecular formula is C13H24N2O3. The maximum absolute atomic E-state index is 12.0. The molecule has 1 rings (SSSR count). The zero-order chi connectivity index (χ0) is 13.9. The fraction of sp³-hybridized carbons (Fsp3) is 0.846. The normalized spacial score (nSPS) is 23.8. The number of nitrogens with one attached hydrogen (secondary N) is 1. The van der Waals surface area contributed by atoms with Crippen molar-refractivity contribution in [3.63, 3.8) is 0 Å². The molecule has 0 bridgehead atoms. The Morgan fingerprint density at radius 1 is 1.33 bits per heavy atom. The summed E-state index contributed by atoms with van der Waals surface area (Å²) in [6, 6.07) is 0. The van der Waals surface area contributed by atoms with Crippen LogP contribution >= 0.6 is 0 Å². The third kappa shape index (κ3) is 4.29. The van der Waals surface area contributed by atoms with Gasteiger partial charge in [0.15, 0.2) is 0 Å². The van der Waals surface area contributed by atoms with Crippen molar-refractivity contribution >= 4 is 11.8 Å². The summed E-state index contributed by atoms with van der Waals surface area (Å²) in [5.74, 6) is -0.646. The van der Waals surface area contributed by atoms with Crippen LogP contribution in [0.3, 0.4) is 0 Å². The van der Waals surface area contributed by atoms with Gasteiger partial charge in [-0.05, 0) is 40.0 Å². The highest BCUT2D eigenvalue weighted by atomic mass is 16.3. The van der Waals surface area contributed by atoms with Gasteiger partial charge in [-0.2, -0.15) is 0 Å². The SMILES string of the molecule is CN(CC(=O)NC(C)(C)C)C(=O)C1CCCC1O. The van der Waals surface area contributed by atoms with Crippen molar-refractivity contribution in [2.75, 3.05) is 13.6 Å². The highest BCUT2D eigenvalue weighted by Crippen LogP contribution is 2.26. The average molecular weight is 256 g/mol. The number of carbonyl (C=O) groups is 2. The Hall–Kier alpha value is -1.10. The smallest absolute Gasteiger partial charge is 0.240 e. The van der Waals surface area contributed by atoms with Crippen LogP contribution in [0.15, 0.2) is 0 Å². The number of carbonyl (C=O) groups excluding carboxylic acids is 2. The molecule has 1 aliphatic rings. The topological polar surface area (TPSA) is 69.6 Å². The number of hydrogen-bond donors (Lipinski definition) is 2. The molecular weight excluding hydrogens is 232 g/mol. The Labute approximate surface area is 109 Å². The van der Waals surface area contributed by atoms with Crippen LogP contribution in [-0.4, -0.2) is 47.1 Å². The van der Waals surface area contributed by atoms with Crippen molar-refractivity contribution < 1.29 is 14.7 Å². The molecule has 0 aromatic heterocycles. The molecule has 0 heterocycles. The summed E-state index contributed by atoms with van der Waals surface area (Å²) in [5, 5.41) is 12.5. The summed E-state index contributed by atoms with van der Waals surface area (Å²) in [4.78, 5) is 25.1. The van der Waals surface area contributed by atoms with Crippen LogP contribution in [0.25, 0.3) is 0 Å². The zero-order valence-electron chi connectivity index (χ0n) is 11.7. The highest BCUT2D eigenvalue weighted by Gasteiger charge is 2.33. The number of nitrogens with zero attached hydrogens (tertiary/aromatic N) is 1. The summed E-state index contributed by atoms with van der Waals surface area (Å²) in [6.07, 6.45) is 1.72. The molecule has 18 heavy (non-hydrogen) atoms. The molecule has 1 fully saturated rings. The van der Waals surface area contributed by atoms with Gasteiger partial charge in [0.25, 0.3) is 0 Å². The van der Waals surface area contributed by atoms with Crippen LogP contribution in [0.1, 0.15) is 40.0 Å². The predicted octanol–water partition coefficient (Wildman–Crippen LogP) is 0.520. The lowest BCUT2D eigenvalue weighted by molar-refractivity contribution is -0.140. The predicted molar refractivity (Wildman–Crippen MR) is 68.9 cm³/mol. The molecule has 2 N–H and O–H groups in total. The van der Waals surface area contributed by atoms with E-state index in [2.05, 4.69) is 5.32 Å². The summed E-state index contributed by atoms with van der Waals surface area (Å²) in [6.45, 7) is 5.73. The standard InChI is InChI=1S/C13H24N2O3/c1-13(2,3)14-11(17)8-15(4)12(18)9-6-5-7-10(9)16/h9-10,16H,5-8H2,1-4H3,(H,14,17). The number of rotatable bonds is 3. The molecule has 2 unspecified atom stereocenters. The van der Waals surface area contributed by atoms with Gasteiger partial charge in [0.05, 0.1) is 18.6 Å². The first-order chi connectivity index (χ1) is 8.20. The van der Waals surface area contributed by atoms with Crippen LogP contribution in [0.4, 0.5) is 0 Å². The molecule has 0 aromatic carbocycles. The second-order valence-electron chi connectivity index (χ2n) is 6.10. The quantitative estimate of drug-likeness (QED) is 0.773. The Bertz CT molecular complexity index is 323. The summed E-state index contributed by atoms with van der Waals surface area (Å²) in [5.41, 5.74) is -0.298. The van der Waals surface area contributed by atoms with Crippen molar-refractivity contribution in [2.24, 2.45) is 5.92 Å². The molecule has 5 heteroatoms. The Balaban J connectivity index is 2.47. The average Bonchev–Trinajstić information content (AvgIpc) is 2.60. The molecule has 0 spiro atoms. The van der Waals surface area contributed by atoms with Crippen molar-refractivity contribution in [3.8, 4) is 0 Å². The minimum atomic E-state index is -0.550. The van der Waals surface area contributed by atoms with E-state index in [1.165, 1.54) is 4.90 Å². The third-order valence-electron chi connectivity index (χ3n) is 3.07. The molecule has 1 saturated carbocycles. The second kappa shape index (κ2) is 5.69. The van der Waals surface area contributed by atoms with Gasteiger partial charge in [-0.15, -0.1) is 0 Å². The van der Waals surface area contributed by atoms with E-state index in [9.17, 15) is 14.7 Å². The lowest BCUT2D eigenvalue weighted by Crippen LogP contribution is -2.47. The van der Waals surface area contributed by atoms with Gasteiger partial charge in [-0.3, -0.25) is 9.59 Å². The first-order valence-electron chi connectivity index (χ1n) is 6.45. The van der Waals surface area contributed by atoms with E-state index in [1.54, 1.807) is 7.05 Å². The molecule has 0 radical (unpaired) electrons. The molecule has 0 aliphatic heterocycles. The van der Waals surface area contributed by atoms with E-state index in [-0.39, 0.29) is 29.8 Å². The molecule has 5 nitrogen and oxygen atoms in total. The van der Waals surface area contributed by atoms with E-state index < -0.39 is 6.10 Å². The van der Waals surface area contributed by atoms with Gasteiger partial charge in [0, 0.05) is 12.6 Å². The number of likely N-dealkylation sites (N-methyl/N-ethyl adjacent to an activating group) is 1. The first-order valence-corrected chi connectivity index (χ1v) is 6.45. The molecule has 2 amide bonds. The Morgan fingerprint density at radius 2 is 1.94 bits per heavy atom. The van der Waals surface area contributed by atoms with Gasteiger partial charge in [-0.25, -0.2) is 0 Å². The Morgan fingerprint density at radius 3 is 2.39 bits per heavy atom. The van der Waals surface area contributed by atoms with E-state index >= 15 is 0 Å². The zero-order valence-corrected chi connectivity index (χ0v) is 11.7.